The van der Waals surface area contributed by atoms with Crippen LogP contribution in [0.4, 0.5) is 0 Å². The summed E-state index contributed by atoms with van der Waals surface area (Å²) in [6, 6.07) is 0. The van der Waals surface area contributed by atoms with Crippen molar-refractivity contribution in [2.45, 2.75) is 32.1 Å². The molecule has 6 nitrogen and oxygen atoms in total. The van der Waals surface area contributed by atoms with Crippen LogP contribution in [0.1, 0.15) is 32.1 Å². The maximum atomic E-state index is 12.6. The van der Waals surface area contributed by atoms with Crippen molar-refractivity contribution in [3.8, 4) is 0 Å². The number of hydrogen-bond donors (Lipinski definition) is 1. The maximum absolute atomic E-state index is 12.6. The highest BCUT2D eigenvalue weighted by Gasteiger charge is 2.28. The predicted octanol–water partition coefficient (Wildman–Crippen LogP) is 1.69. The summed E-state index contributed by atoms with van der Waals surface area (Å²) in [6.07, 6.45) is 5.96. The van der Waals surface area contributed by atoms with E-state index in [1.54, 1.807) is 0 Å². The van der Waals surface area contributed by atoms with E-state index in [2.05, 4.69) is 19.7 Å². The van der Waals surface area contributed by atoms with Crippen molar-refractivity contribution in [3.63, 3.8) is 0 Å². The lowest BCUT2D eigenvalue weighted by Crippen LogP contribution is -2.51. The Hall–Kier alpha value is -0.220. The van der Waals surface area contributed by atoms with Gasteiger partial charge in [-0.2, -0.15) is 11.8 Å². The number of aliphatic imine (C=N–C) groups is 1. The number of carbonyl (C=O) groups excluding carboxylic acids is 1. The number of amides is 1. The Kier molecular flexibility index (Phi) is 9.83. The largest absolute Gasteiger partial charge is 0.370 e. The zero-order chi connectivity index (χ0) is 17.5. The molecule has 0 atom stereocenters. The molecule has 0 aromatic heterocycles. The second-order valence-electron chi connectivity index (χ2n) is 7.34. The van der Waals surface area contributed by atoms with Crippen LogP contribution >= 0.6 is 35.7 Å². The van der Waals surface area contributed by atoms with Crippen molar-refractivity contribution >= 4 is 47.6 Å². The Morgan fingerprint density at radius 3 is 2.27 bits per heavy atom. The Balaban J connectivity index is 0.00000243. The first kappa shape index (κ1) is 22.1. The van der Waals surface area contributed by atoms with Crippen LogP contribution < -0.4 is 5.73 Å². The molecule has 2 aliphatic heterocycles. The van der Waals surface area contributed by atoms with E-state index in [0.717, 1.165) is 76.7 Å². The molecule has 1 aliphatic carbocycles. The first-order valence-corrected chi connectivity index (χ1v) is 11.0. The van der Waals surface area contributed by atoms with Gasteiger partial charge in [-0.1, -0.05) is 19.3 Å². The molecule has 26 heavy (non-hydrogen) atoms. The predicted molar refractivity (Wildman–Crippen MR) is 120 cm³/mol. The molecule has 0 unspecified atom stereocenters. The van der Waals surface area contributed by atoms with Gasteiger partial charge in [0, 0.05) is 63.2 Å². The summed E-state index contributed by atoms with van der Waals surface area (Å²) >= 11 is 1.98. The lowest BCUT2D eigenvalue weighted by atomic mass is 9.88. The number of carbonyl (C=O) groups is 1. The van der Waals surface area contributed by atoms with Crippen LogP contribution in [-0.2, 0) is 4.79 Å². The number of piperazine rings is 1. The van der Waals surface area contributed by atoms with Crippen LogP contribution in [0.5, 0.6) is 0 Å². The third-order valence-corrected chi connectivity index (χ3v) is 6.61. The van der Waals surface area contributed by atoms with E-state index in [0.29, 0.717) is 17.8 Å². The van der Waals surface area contributed by atoms with E-state index in [4.69, 9.17) is 5.73 Å². The smallest absolute Gasteiger partial charge is 0.225 e. The zero-order valence-electron chi connectivity index (χ0n) is 15.8. The van der Waals surface area contributed by atoms with E-state index in [1.807, 2.05) is 11.8 Å². The summed E-state index contributed by atoms with van der Waals surface area (Å²) in [5, 5.41) is 0. The molecule has 150 valence electrons. The van der Waals surface area contributed by atoms with Gasteiger partial charge in [0.25, 0.3) is 0 Å². The van der Waals surface area contributed by atoms with Gasteiger partial charge in [0.2, 0.25) is 5.91 Å². The molecular weight excluding hydrogens is 461 g/mol. The first-order chi connectivity index (χ1) is 12.2. The van der Waals surface area contributed by atoms with Crippen LogP contribution in [0.2, 0.25) is 0 Å². The van der Waals surface area contributed by atoms with Gasteiger partial charge in [0.1, 0.15) is 0 Å². The van der Waals surface area contributed by atoms with Gasteiger partial charge >= 0.3 is 0 Å². The second kappa shape index (κ2) is 11.6. The minimum absolute atomic E-state index is 0. The monoisotopic (exact) mass is 495 g/mol. The molecule has 0 aromatic rings. The number of halogens is 1. The number of nitrogens with zero attached hydrogens (tertiary/aromatic N) is 4. The Labute approximate surface area is 179 Å². The molecule has 0 radical (unpaired) electrons. The lowest BCUT2D eigenvalue weighted by Gasteiger charge is -2.37. The minimum Gasteiger partial charge on any atom is -0.370 e. The van der Waals surface area contributed by atoms with Crippen LogP contribution in [0, 0.1) is 5.92 Å². The SMILES string of the molecule is I.NC(=NCCN1CCN(C(=O)C2CCCCC2)CC1)N1CCSCC1. The first-order valence-electron chi connectivity index (χ1n) is 9.88. The fourth-order valence-electron chi connectivity index (χ4n) is 4.00. The molecule has 3 aliphatic rings. The summed E-state index contributed by atoms with van der Waals surface area (Å²) in [5.41, 5.74) is 6.10. The van der Waals surface area contributed by atoms with Crippen molar-refractivity contribution in [1.29, 1.82) is 0 Å². The van der Waals surface area contributed by atoms with Gasteiger partial charge in [-0.15, -0.1) is 24.0 Å². The zero-order valence-corrected chi connectivity index (χ0v) is 18.9. The highest BCUT2D eigenvalue weighted by atomic mass is 127. The third kappa shape index (κ3) is 6.44. The number of thioether (sulfide) groups is 1. The van der Waals surface area contributed by atoms with Crippen LogP contribution in [-0.4, -0.2) is 90.4 Å². The van der Waals surface area contributed by atoms with E-state index in [9.17, 15) is 4.79 Å². The summed E-state index contributed by atoms with van der Waals surface area (Å²) in [6.45, 7) is 7.41. The van der Waals surface area contributed by atoms with Crippen molar-refractivity contribution in [2.24, 2.45) is 16.6 Å². The fourth-order valence-corrected chi connectivity index (χ4v) is 4.90. The Morgan fingerprint density at radius 1 is 0.962 bits per heavy atom. The Bertz CT molecular complexity index is 458. The average Bonchev–Trinajstić information content (AvgIpc) is 2.69. The number of nitrogens with two attached hydrogens (primary N) is 1. The van der Waals surface area contributed by atoms with E-state index >= 15 is 0 Å². The van der Waals surface area contributed by atoms with Crippen LogP contribution in [0.25, 0.3) is 0 Å². The van der Waals surface area contributed by atoms with Gasteiger partial charge in [0.15, 0.2) is 5.96 Å². The van der Waals surface area contributed by atoms with Crippen molar-refractivity contribution in [1.82, 2.24) is 14.7 Å². The molecule has 0 spiro atoms. The molecule has 2 saturated heterocycles. The average molecular weight is 495 g/mol. The summed E-state index contributed by atoms with van der Waals surface area (Å²) in [4.78, 5) is 23.9. The third-order valence-electron chi connectivity index (χ3n) is 5.66. The molecule has 2 N–H and O–H groups in total. The van der Waals surface area contributed by atoms with Gasteiger partial charge in [0.05, 0.1) is 6.54 Å². The number of hydrogen-bond acceptors (Lipinski definition) is 4. The molecule has 3 fully saturated rings. The summed E-state index contributed by atoms with van der Waals surface area (Å²) in [5.74, 6) is 3.70. The number of guanidine groups is 1. The van der Waals surface area contributed by atoms with Crippen molar-refractivity contribution < 1.29 is 4.79 Å². The Morgan fingerprint density at radius 2 is 1.62 bits per heavy atom. The second-order valence-corrected chi connectivity index (χ2v) is 8.57. The van der Waals surface area contributed by atoms with E-state index in [1.165, 1.54) is 19.3 Å². The van der Waals surface area contributed by atoms with Gasteiger partial charge in [-0.05, 0) is 12.8 Å². The van der Waals surface area contributed by atoms with Gasteiger partial charge in [-0.3, -0.25) is 14.7 Å². The summed E-state index contributed by atoms with van der Waals surface area (Å²) in [7, 11) is 0. The highest BCUT2D eigenvalue weighted by Crippen LogP contribution is 2.25. The van der Waals surface area contributed by atoms with E-state index in [-0.39, 0.29) is 24.0 Å². The molecule has 0 bridgehead atoms. The van der Waals surface area contributed by atoms with Gasteiger partial charge < -0.3 is 15.5 Å². The van der Waals surface area contributed by atoms with E-state index < -0.39 is 0 Å². The number of rotatable bonds is 4. The molecule has 1 saturated carbocycles. The van der Waals surface area contributed by atoms with Crippen LogP contribution in [0.15, 0.2) is 4.99 Å². The molecule has 1 amide bonds. The topological polar surface area (TPSA) is 65.2 Å². The standard InChI is InChI=1S/C18H33N5OS.HI/c19-18(23-12-14-25-15-13-23)20-6-7-21-8-10-22(11-9-21)17(24)16-4-2-1-3-5-16;/h16H,1-15H2,(H2,19,20);1H. The normalized spacial score (nSPS) is 23.6. The quantitative estimate of drug-likeness (QED) is 0.366. The maximum Gasteiger partial charge on any atom is 0.225 e. The van der Waals surface area contributed by atoms with Crippen LogP contribution in [0.3, 0.4) is 0 Å². The lowest BCUT2D eigenvalue weighted by molar-refractivity contribution is -0.138. The molecule has 3 rings (SSSR count). The molecule has 8 heteroatoms. The molecule has 0 aromatic carbocycles. The van der Waals surface area contributed by atoms with Gasteiger partial charge in [-0.25, -0.2) is 0 Å². The summed E-state index contributed by atoms with van der Waals surface area (Å²) < 4.78 is 0. The highest BCUT2D eigenvalue weighted by molar-refractivity contribution is 14.0. The van der Waals surface area contributed by atoms with Crippen molar-refractivity contribution in [3.05, 3.63) is 0 Å². The fraction of sp³-hybridized carbons (Fsp3) is 0.889. The van der Waals surface area contributed by atoms with Crippen molar-refractivity contribution in [2.75, 3.05) is 63.9 Å². The minimum atomic E-state index is 0. The molecule has 2 heterocycles. The molecular formula is C18H34IN5OS.